The Morgan fingerprint density at radius 2 is 1.58 bits per heavy atom. The number of benzene rings is 2. The highest BCUT2D eigenvalue weighted by Crippen LogP contribution is 2.33. The van der Waals surface area contributed by atoms with Crippen LogP contribution in [0.15, 0.2) is 53.0 Å². The summed E-state index contributed by atoms with van der Waals surface area (Å²) >= 11 is 15.6. The third kappa shape index (κ3) is 2.48. The number of hydrogen-bond acceptors (Lipinski definition) is 1. The lowest BCUT2D eigenvalue weighted by molar-refractivity contribution is 1.39. The van der Waals surface area contributed by atoms with Crippen molar-refractivity contribution in [1.82, 2.24) is 4.98 Å². The van der Waals surface area contributed by atoms with Crippen LogP contribution < -0.4 is 0 Å². The van der Waals surface area contributed by atoms with Crippen LogP contribution in [-0.2, 0) is 0 Å². The fourth-order valence-electron chi connectivity index (χ4n) is 1.94. The van der Waals surface area contributed by atoms with Crippen LogP contribution in [0, 0.1) is 0 Å². The molecule has 0 atom stereocenters. The average molecular weight is 353 g/mol. The van der Waals surface area contributed by atoms with E-state index in [9.17, 15) is 0 Å². The van der Waals surface area contributed by atoms with Gasteiger partial charge < -0.3 is 0 Å². The van der Waals surface area contributed by atoms with Crippen LogP contribution in [0.25, 0.3) is 22.2 Å². The topological polar surface area (TPSA) is 12.9 Å². The average Bonchev–Trinajstić information content (AvgIpc) is 2.42. The third-order valence-corrected chi connectivity index (χ3v) is 4.25. The summed E-state index contributed by atoms with van der Waals surface area (Å²) in [5.74, 6) is 0. The number of pyridine rings is 1. The van der Waals surface area contributed by atoms with Crippen LogP contribution in [0.1, 0.15) is 0 Å². The van der Waals surface area contributed by atoms with Gasteiger partial charge in [0.15, 0.2) is 0 Å². The van der Waals surface area contributed by atoms with E-state index < -0.39 is 0 Å². The van der Waals surface area contributed by atoms with Crippen LogP contribution in [0.2, 0.25) is 10.0 Å². The molecular formula is C15H8BrCl2N. The predicted octanol–water partition coefficient (Wildman–Crippen LogP) is 5.97. The Labute approximate surface area is 129 Å². The van der Waals surface area contributed by atoms with Crippen molar-refractivity contribution in [1.29, 1.82) is 0 Å². The summed E-state index contributed by atoms with van der Waals surface area (Å²) in [4.78, 5) is 4.64. The maximum absolute atomic E-state index is 6.05. The lowest BCUT2D eigenvalue weighted by Gasteiger charge is -2.07. The van der Waals surface area contributed by atoms with E-state index in [0.717, 1.165) is 26.6 Å². The summed E-state index contributed by atoms with van der Waals surface area (Å²) < 4.78 is 0.954. The number of rotatable bonds is 1. The molecule has 4 heteroatoms. The van der Waals surface area contributed by atoms with Gasteiger partial charge in [0.25, 0.3) is 0 Å². The first-order chi connectivity index (χ1) is 9.15. The zero-order valence-electron chi connectivity index (χ0n) is 9.70. The highest BCUT2D eigenvalue weighted by Gasteiger charge is 2.08. The quantitative estimate of drug-likeness (QED) is 0.525. The molecule has 0 aliphatic rings. The fourth-order valence-corrected chi connectivity index (χ4v) is 2.79. The van der Waals surface area contributed by atoms with Crippen molar-refractivity contribution in [3.63, 3.8) is 0 Å². The molecule has 0 aliphatic carbocycles. The Hall–Kier alpha value is -1.09. The zero-order valence-corrected chi connectivity index (χ0v) is 12.8. The highest BCUT2D eigenvalue weighted by atomic mass is 79.9. The molecule has 0 amide bonds. The van der Waals surface area contributed by atoms with Crippen LogP contribution in [-0.4, -0.2) is 4.98 Å². The molecule has 1 aromatic heterocycles. The lowest BCUT2D eigenvalue weighted by atomic mass is 10.1. The summed E-state index contributed by atoms with van der Waals surface area (Å²) in [5.41, 5.74) is 2.79. The number of aromatic nitrogens is 1. The van der Waals surface area contributed by atoms with E-state index in [1.807, 2.05) is 42.5 Å². The first-order valence-electron chi connectivity index (χ1n) is 5.66. The third-order valence-electron chi connectivity index (χ3n) is 2.87. The van der Waals surface area contributed by atoms with Gasteiger partial charge in [-0.05, 0) is 18.2 Å². The molecule has 0 spiro atoms. The normalized spacial score (nSPS) is 10.9. The van der Waals surface area contributed by atoms with E-state index in [1.54, 1.807) is 6.07 Å². The molecule has 3 aromatic rings. The predicted molar refractivity (Wildman–Crippen MR) is 84.9 cm³/mol. The van der Waals surface area contributed by atoms with Gasteiger partial charge in [0.05, 0.1) is 21.3 Å². The monoisotopic (exact) mass is 351 g/mol. The van der Waals surface area contributed by atoms with E-state index in [0.29, 0.717) is 10.0 Å². The molecule has 0 aliphatic heterocycles. The van der Waals surface area contributed by atoms with Crippen molar-refractivity contribution in [2.24, 2.45) is 0 Å². The molecule has 0 saturated heterocycles. The Morgan fingerprint density at radius 3 is 2.32 bits per heavy atom. The molecule has 3 rings (SSSR count). The molecule has 19 heavy (non-hydrogen) atoms. The molecule has 0 bridgehead atoms. The Bertz CT molecular complexity index is 757. The Balaban J connectivity index is 2.28. The minimum atomic E-state index is 0.513. The van der Waals surface area contributed by atoms with Gasteiger partial charge >= 0.3 is 0 Å². The van der Waals surface area contributed by atoms with E-state index >= 15 is 0 Å². The first kappa shape index (κ1) is 12.9. The molecular weight excluding hydrogens is 345 g/mol. The summed E-state index contributed by atoms with van der Waals surface area (Å²) in [7, 11) is 0. The summed E-state index contributed by atoms with van der Waals surface area (Å²) in [5, 5.41) is 2.00. The van der Waals surface area contributed by atoms with Gasteiger partial charge in [0.1, 0.15) is 0 Å². The highest BCUT2D eigenvalue weighted by molar-refractivity contribution is 9.10. The molecule has 0 fully saturated rings. The second kappa shape index (κ2) is 5.12. The van der Waals surface area contributed by atoms with Crippen LogP contribution >= 0.6 is 39.1 Å². The van der Waals surface area contributed by atoms with Crippen LogP contribution in [0.5, 0.6) is 0 Å². The molecule has 2 aromatic carbocycles. The van der Waals surface area contributed by atoms with Crippen molar-refractivity contribution < 1.29 is 0 Å². The Morgan fingerprint density at radius 1 is 0.895 bits per heavy atom. The molecule has 1 heterocycles. The van der Waals surface area contributed by atoms with Crippen molar-refractivity contribution in [3.05, 3.63) is 63.0 Å². The van der Waals surface area contributed by atoms with Gasteiger partial charge in [-0.1, -0.05) is 69.5 Å². The maximum atomic E-state index is 6.05. The van der Waals surface area contributed by atoms with E-state index in [2.05, 4.69) is 20.9 Å². The van der Waals surface area contributed by atoms with Gasteiger partial charge in [0.2, 0.25) is 0 Å². The van der Waals surface area contributed by atoms with Crippen molar-refractivity contribution in [3.8, 4) is 11.3 Å². The Kier molecular flexibility index (Phi) is 3.48. The van der Waals surface area contributed by atoms with Crippen molar-refractivity contribution in [2.45, 2.75) is 0 Å². The molecule has 1 nitrogen and oxygen atoms in total. The minimum absolute atomic E-state index is 0.513. The molecule has 0 saturated carbocycles. The molecule has 0 radical (unpaired) electrons. The lowest BCUT2D eigenvalue weighted by Crippen LogP contribution is -1.87. The number of halogens is 3. The zero-order chi connectivity index (χ0) is 13.4. The van der Waals surface area contributed by atoms with Gasteiger partial charge in [0, 0.05) is 15.4 Å². The second-order valence-corrected chi connectivity index (χ2v) is 5.81. The van der Waals surface area contributed by atoms with Gasteiger partial charge in [-0.15, -0.1) is 0 Å². The largest absolute Gasteiger partial charge is 0.248 e. The van der Waals surface area contributed by atoms with Crippen molar-refractivity contribution in [2.75, 3.05) is 0 Å². The summed E-state index contributed by atoms with van der Waals surface area (Å²) in [6.45, 7) is 0. The van der Waals surface area contributed by atoms with E-state index in [1.165, 1.54) is 0 Å². The van der Waals surface area contributed by atoms with Gasteiger partial charge in [-0.25, -0.2) is 4.98 Å². The smallest absolute Gasteiger partial charge is 0.0736 e. The summed E-state index contributed by atoms with van der Waals surface area (Å²) in [6, 6.07) is 15.6. The van der Waals surface area contributed by atoms with Crippen LogP contribution in [0.3, 0.4) is 0 Å². The minimum Gasteiger partial charge on any atom is -0.248 e. The SMILES string of the molecule is Clc1cc2nc(-c3ccccc3)cc(Br)c2cc1Cl. The standard InChI is InChI=1S/C15H8BrCl2N/c16-11-7-14(9-4-2-1-3-5-9)19-15-8-13(18)12(17)6-10(11)15/h1-8H. The fraction of sp³-hybridized carbons (Fsp3) is 0. The summed E-state index contributed by atoms with van der Waals surface area (Å²) in [6.07, 6.45) is 0. The number of hydrogen-bond donors (Lipinski definition) is 0. The van der Waals surface area contributed by atoms with Gasteiger partial charge in [-0.3, -0.25) is 0 Å². The maximum Gasteiger partial charge on any atom is 0.0736 e. The van der Waals surface area contributed by atoms with E-state index in [4.69, 9.17) is 23.2 Å². The number of fused-ring (bicyclic) bond motifs is 1. The molecule has 0 unspecified atom stereocenters. The first-order valence-corrected chi connectivity index (χ1v) is 7.21. The second-order valence-electron chi connectivity index (χ2n) is 4.14. The van der Waals surface area contributed by atoms with Crippen LogP contribution in [0.4, 0.5) is 0 Å². The van der Waals surface area contributed by atoms with Crippen molar-refractivity contribution >= 4 is 50.0 Å². The number of nitrogens with zero attached hydrogens (tertiary/aromatic N) is 1. The molecule has 0 N–H and O–H groups in total. The van der Waals surface area contributed by atoms with E-state index in [-0.39, 0.29) is 0 Å². The van der Waals surface area contributed by atoms with Gasteiger partial charge in [-0.2, -0.15) is 0 Å². The molecule has 94 valence electrons.